The molecule has 5 atom stereocenters. The number of aliphatic hydroxyl groups excluding tert-OH is 3. The van der Waals surface area contributed by atoms with Crippen LogP contribution in [0.2, 0.25) is 0 Å². The topological polar surface area (TPSA) is 79.2 Å². The zero-order valence-electron chi connectivity index (χ0n) is 12.0. The predicted octanol–water partition coefficient (Wildman–Crippen LogP) is 0.843. The van der Waals surface area contributed by atoms with Crippen LogP contribution in [0.1, 0.15) is 46.0 Å². The molecular weight excluding hydrogens is 248 g/mol. The van der Waals surface area contributed by atoms with Crippen LogP contribution in [0.15, 0.2) is 0 Å². The van der Waals surface area contributed by atoms with E-state index in [1.54, 1.807) is 0 Å². The first-order valence-corrected chi connectivity index (χ1v) is 7.37. The van der Waals surface area contributed by atoms with Gasteiger partial charge in [0.05, 0.1) is 19.3 Å². The average Bonchev–Trinajstić information content (AvgIpc) is 2.74. The lowest BCUT2D eigenvalue weighted by molar-refractivity contribution is -0.0954. The summed E-state index contributed by atoms with van der Waals surface area (Å²) in [5.41, 5.74) is 0. The van der Waals surface area contributed by atoms with Gasteiger partial charge in [0.15, 0.2) is 0 Å². The largest absolute Gasteiger partial charge is 0.388 e. The Morgan fingerprint density at radius 2 is 2.00 bits per heavy atom. The summed E-state index contributed by atoms with van der Waals surface area (Å²) < 4.78 is 10.8. The first-order chi connectivity index (χ1) is 9.10. The summed E-state index contributed by atoms with van der Waals surface area (Å²) in [6, 6.07) is 0. The number of rotatable bonds is 9. The van der Waals surface area contributed by atoms with Gasteiger partial charge in [0.25, 0.3) is 0 Å². The van der Waals surface area contributed by atoms with Crippen LogP contribution in [-0.2, 0) is 9.47 Å². The molecule has 0 aromatic rings. The van der Waals surface area contributed by atoms with E-state index in [1.165, 1.54) is 12.8 Å². The van der Waals surface area contributed by atoms with Gasteiger partial charge in [0.2, 0.25) is 0 Å². The fourth-order valence-electron chi connectivity index (χ4n) is 2.32. The lowest BCUT2D eigenvalue weighted by atomic mass is 10.1. The van der Waals surface area contributed by atoms with Crippen LogP contribution in [-0.4, -0.2) is 59.1 Å². The Bertz CT molecular complexity index is 236. The number of hydrogen-bond acceptors (Lipinski definition) is 5. The molecule has 0 aromatic carbocycles. The maximum atomic E-state index is 9.93. The third kappa shape index (κ3) is 5.36. The predicted molar refractivity (Wildman–Crippen MR) is 71.9 cm³/mol. The van der Waals surface area contributed by atoms with Gasteiger partial charge >= 0.3 is 0 Å². The molecule has 3 N–H and O–H groups in total. The van der Waals surface area contributed by atoms with Crippen molar-refractivity contribution < 1.29 is 24.8 Å². The summed E-state index contributed by atoms with van der Waals surface area (Å²) in [5, 5.41) is 28.9. The molecule has 1 aliphatic heterocycles. The molecule has 1 heterocycles. The van der Waals surface area contributed by atoms with Crippen molar-refractivity contribution in [1.29, 1.82) is 0 Å². The Labute approximate surface area is 115 Å². The van der Waals surface area contributed by atoms with Gasteiger partial charge in [0.1, 0.15) is 24.4 Å². The van der Waals surface area contributed by atoms with Crippen LogP contribution < -0.4 is 0 Å². The lowest BCUT2D eigenvalue weighted by Gasteiger charge is -2.23. The number of unbranched alkanes of at least 4 members (excludes halogenated alkanes) is 2. The van der Waals surface area contributed by atoms with Crippen molar-refractivity contribution in [2.24, 2.45) is 0 Å². The van der Waals surface area contributed by atoms with Gasteiger partial charge in [-0.1, -0.05) is 33.1 Å². The SMILES string of the molecule is CCCCCC(CC)OCC(O)C1OCC(O)C1O. The molecule has 0 saturated carbocycles. The fourth-order valence-corrected chi connectivity index (χ4v) is 2.32. The van der Waals surface area contributed by atoms with E-state index in [1.807, 2.05) is 0 Å². The van der Waals surface area contributed by atoms with Gasteiger partial charge in [0, 0.05) is 0 Å². The number of aliphatic hydroxyl groups is 3. The second-order valence-corrected chi connectivity index (χ2v) is 5.28. The summed E-state index contributed by atoms with van der Waals surface area (Å²) >= 11 is 0. The minimum absolute atomic E-state index is 0.0661. The Balaban J connectivity index is 2.25. The maximum absolute atomic E-state index is 9.93. The Hall–Kier alpha value is -0.200. The first kappa shape index (κ1) is 16.9. The molecule has 0 aliphatic carbocycles. The smallest absolute Gasteiger partial charge is 0.114 e. The average molecular weight is 276 g/mol. The highest BCUT2D eigenvalue weighted by Gasteiger charge is 2.39. The third-order valence-electron chi connectivity index (χ3n) is 3.66. The minimum Gasteiger partial charge on any atom is -0.388 e. The van der Waals surface area contributed by atoms with Crippen LogP contribution in [0.3, 0.4) is 0 Å². The maximum Gasteiger partial charge on any atom is 0.114 e. The van der Waals surface area contributed by atoms with Crippen molar-refractivity contribution in [3.05, 3.63) is 0 Å². The molecule has 1 aliphatic rings. The molecule has 0 aromatic heterocycles. The lowest BCUT2D eigenvalue weighted by Crippen LogP contribution is -2.41. The van der Waals surface area contributed by atoms with Gasteiger partial charge in [-0.3, -0.25) is 0 Å². The summed E-state index contributed by atoms with van der Waals surface area (Å²) in [7, 11) is 0. The number of ether oxygens (including phenoxy) is 2. The van der Waals surface area contributed by atoms with Crippen molar-refractivity contribution >= 4 is 0 Å². The zero-order valence-corrected chi connectivity index (χ0v) is 12.0. The molecule has 1 saturated heterocycles. The molecule has 0 amide bonds. The van der Waals surface area contributed by atoms with Crippen molar-refractivity contribution in [2.75, 3.05) is 13.2 Å². The van der Waals surface area contributed by atoms with E-state index < -0.39 is 24.4 Å². The van der Waals surface area contributed by atoms with Gasteiger partial charge in [-0.25, -0.2) is 0 Å². The molecular formula is C14H28O5. The summed E-state index contributed by atoms with van der Waals surface area (Å²) in [6.07, 6.45) is 1.97. The molecule has 1 rings (SSSR count). The molecule has 114 valence electrons. The van der Waals surface area contributed by atoms with Crippen molar-refractivity contribution in [3.8, 4) is 0 Å². The Kier molecular flexibility index (Phi) is 7.87. The van der Waals surface area contributed by atoms with E-state index in [0.29, 0.717) is 0 Å². The summed E-state index contributed by atoms with van der Waals surface area (Å²) in [6.45, 7) is 4.43. The molecule has 5 heteroatoms. The van der Waals surface area contributed by atoms with Crippen LogP contribution >= 0.6 is 0 Å². The van der Waals surface area contributed by atoms with Crippen molar-refractivity contribution in [1.82, 2.24) is 0 Å². The molecule has 5 unspecified atom stereocenters. The molecule has 5 nitrogen and oxygen atoms in total. The molecule has 19 heavy (non-hydrogen) atoms. The Morgan fingerprint density at radius 3 is 2.53 bits per heavy atom. The second kappa shape index (κ2) is 8.87. The van der Waals surface area contributed by atoms with E-state index in [9.17, 15) is 15.3 Å². The van der Waals surface area contributed by atoms with Gasteiger partial charge in [-0.05, 0) is 12.8 Å². The molecule has 0 radical (unpaired) electrons. The van der Waals surface area contributed by atoms with Gasteiger partial charge < -0.3 is 24.8 Å². The van der Waals surface area contributed by atoms with Gasteiger partial charge in [-0.2, -0.15) is 0 Å². The monoisotopic (exact) mass is 276 g/mol. The molecule has 1 fully saturated rings. The molecule has 0 spiro atoms. The van der Waals surface area contributed by atoms with Crippen LogP contribution in [0.25, 0.3) is 0 Å². The van der Waals surface area contributed by atoms with Crippen LogP contribution in [0.5, 0.6) is 0 Å². The van der Waals surface area contributed by atoms with E-state index in [0.717, 1.165) is 19.3 Å². The van der Waals surface area contributed by atoms with Gasteiger partial charge in [-0.15, -0.1) is 0 Å². The highest BCUT2D eigenvalue weighted by atomic mass is 16.6. The zero-order chi connectivity index (χ0) is 14.3. The first-order valence-electron chi connectivity index (χ1n) is 7.37. The van der Waals surface area contributed by atoms with E-state index in [4.69, 9.17) is 9.47 Å². The second-order valence-electron chi connectivity index (χ2n) is 5.28. The highest BCUT2D eigenvalue weighted by molar-refractivity contribution is 4.87. The van der Waals surface area contributed by atoms with Crippen molar-refractivity contribution in [3.63, 3.8) is 0 Å². The van der Waals surface area contributed by atoms with E-state index in [2.05, 4.69) is 13.8 Å². The minimum atomic E-state index is -1.03. The highest BCUT2D eigenvalue weighted by Crippen LogP contribution is 2.19. The van der Waals surface area contributed by atoms with E-state index in [-0.39, 0.29) is 19.3 Å². The summed E-state index contributed by atoms with van der Waals surface area (Å²) in [5.74, 6) is 0. The van der Waals surface area contributed by atoms with Crippen LogP contribution in [0.4, 0.5) is 0 Å². The third-order valence-corrected chi connectivity index (χ3v) is 3.66. The van der Waals surface area contributed by atoms with E-state index >= 15 is 0 Å². The van der Waals surface area contributed by atoms with Crippen LogP contribution in [0, 0.1) is 0 Å². The normalized spacial score (nSPS) is 30.5. The van der Waals surface area contributed by atoms with Crippen molar-refractivity contribution in [2.45, 2.75) is 76.5 Å². The Morgan fingerprint density at radius 1 is 1.26 bits per heavy atom. The standard InChI is InChI=1S/C14H28O5/c1-3-5-6-7-10(4-2)18-9-12(16)14-13(17)11(15)8-19-14/h10-17H,3-9H2,1-2H3. The molecule has 0 bridgehead atoms. The quantitative estimate of drug-likeness (QED) is 0.544. The number of hydrogen-bond donors (Lipinski definition) is 3. The summed E-state index contributed by atoms with van der Waals surface area (Å²) in [4.78, 5) is 0. The fraction of sp³-hybridized carbons (Fsp3) is 1.00.